The van der Waals surface area contributed by atoms with Crippen LogP contribution in [0.25, 0.3) is 0 Å². The Morgan fingerprint density at radius 3 is 2.62 bits per heavy atom. The number of nitrogens with zero attached hydrogens (tertiary/aromatic N) is 1. The summed E-state index contributed by atoms with van der Waals surface area (Å²) in [5.41, 5.74) is 2.84. The predicted molar refractivity (Wildman–Crippen MR) is 68.0 cm³/mol. The molecule has 0 unspecified atom stereocenters. The largest absolute Gasteiger partial charge is 0.375 e. The van der Waals surface area contributed by atoms with Crippen LogP contribution in [0.1, 0.15) is 12.5 Å². The quantitative estimate of drug-likeness (QED) is 0.608. The van der Waals surface area contributed by atoms with Crippen LogP contribution in [0.4, 0.5) is 5.69 Å². The smallest absolute Gasteiger partial charge is 0.0396 e. The van der Waals surface area contributed by atoms with Gasteiger partial charge in [0, 0.05) is 23.7 Å². The molecule has 0 aliphatic heterocycles. The summed E-state index contributed by atoms with van der Waals surface area (Å²) in [7, 11) is 2.14. The van der Waals surface area contributed by atoms with Gasteiger partial charge >= 0.3 is 0 Å². The first-order chi connectivity index (χ1) is 6.29. The van der Waals surface area contributed by atoms with Gasteiger partial charge in [-0.1, -0.05) is 40.8 Å². The van der Waals surface area contributed by atoms with Crippen molar-refractivity contribution in [3.05, 3.63) is 29.8 Å². The summed E-state index contributed by atoms with van der Waals surface area (Å²) < 4.78 is 1.19. The van der Waals surface area contributed by atoms with Crippen LogP contribution in [0.2, 0.25) is 0 Å². The van der Waals surface area contributed by atoms with Crippen LogP contribution >= 0.6 is 22.6 Å². The summed E-state index contributed by atoms with van der Waals surface area (Å²) in [4.78, 5) is 2.29. The SMILES string of the molecule is CCN(C)c1ccccc1CCI. The van der Waals surface area contributed by atoms with E-state index in [4.69, 9.17) is 0 Å². The van der Waals surface area contributed by atoms with Crippen molar-refractivity contribution in [3.63, 3.8) is 0 Å². The Morgan fingerprint density at radius 1 is 1.31 bits per heavy atom. The zero-order valence-electron chi connectivity index (χ0n) is 8.26. The number of para-hydroxylation sites is 1. The average Bonchev–Trinajstić information content (AvgIpc) is 2.18. The van der Waals surface area contributed by atoms with Gasteiger partial charge in [0.2, 0.25) is 0 Å². The second-order valence-corrected chi connectivity index (χ2v) is 4.16. The second-order valence-electron chi connectivity index (χ2n) is 3.08. The molecule has 0 aromatic heterocycles. The van der Waals surface area contributed by atoms with Crippen molar-refractivity contribution in [3.8, 4) is 0 Å². The molecule has 72 valence electrons. The maximum atomic E-state index is 2.42. The minimum absolute atomic E-state index is 1.07. The van der Waals surface area contributed by atoms with E-state index < -0.39 is 0 Å². The van der Waals surface area contributed by atoms with Gasteiger partial charge in [0.05, 0.1) is 0 Å². The third-order valence-corrected chi connectivity index (χ3v) is 2.78. The molecule has 0 fully saturated rings. The van der Waals surface area contributed by atoms with Crippen molar-refractivity contribution >= 4 is 28.3 Å². The highest BCUT2D eigenvalue weighted by Crippen LogP contribution is 2.19. The van der Waals surface area contributed by atoms with Crippen LogP contribution < -0.4 is 4.90 Å². The van der Waals surface area contributed by atoms with Crippen LogP contribution in [0.15, 0.2) is 24.3 Å². The van der Waals surface area contributed by atoms with Gasteiger partial charge in [-0.25, -0.2) is 0 Å². The minimum atomic E-state index is 1.07. The normalized spacial score (nSPS) is 10.1. The molecule has 0 amide bonds. The van der Waals surface area contributed by atoms with Gasteiger partial charge in [0.1, 0.15) is 0 Å². The Balaban J connectivity index is 2.90. The third kappa shape index (κ3) is 2.86. The van der Waals surface area contributed by atoms with Crippen LogP contribution in [0.5, 0.6) is 0 Å². The molecule has 0 saturated carbocycles. The minimum Gasteiger partial charge on any atom is -0.375 e. The van der Waals surface area contributed by atoms with Gasteiger partial charge in [0.25, 0.3) is 0 Å². The molecule has 0 heterocycles. The van der Waals surface area contributed by atoms with E-state index in [0.717, 1.165) is 6.54 Å². The van der Waals surface area contributed by atoms with E-state index in [1.165, 1.54) is 22.1 Å². The highest BCUT2D eigenvalue weighted by molar-refractivity contribution is 14.1. The summed E-state index contributed by atoms with van der Waals surface area (Å²) in [5, 5.41) is 0. The Morgan fingerprint density at radius 2 is 2.00 bits per heavy atom. The molecular formula is C11H16IN. The van der Waals surface area contributed by atoms with Crippen LogP contribution in [0.3, 0.4) is 0 Å². The van der Waals surface area contributed by atoms with Gasteiger partial charge in [-0.3, -0.25) is 0 Å². The van der Waals surface area contributed by atoms with Gasteiger partial charge in [0.15, 0.2) is 0 Å². The summed E-state index contributed by atoms with van der Waals surface area (Å²) in [5.74, 6) is 0. The van der Waals surface area contributed by atoms with Crippen molar-refractivity contribution in [2.45, 2.75) is 13.3 Å². The summed E-state index contributed by atoms with van der Waals surface area (Å²) >= 11 is 2.42. The van der Waals surface area contributed by atoms with E-state index >= 15 is 0 Å². The van der Waals surface area contributed by atoms with Gasteiger partial charge in [-0.2, -0.15) is 0 Å². The maximum absolute atomic E-state index is 2.42. The highest BCUT2D eigenvalue weighted by atomic mass is 127. The van der Waals surface area contributed by atoms with E-state index in [1.54, 1.807) is 0 Å². The number of alkyl halides is 1. The van der Waals surface area contributed by atoms with Crippen molar-refractivity contribution < 1.29 is 0 Å². The number of halogens is 1. The van der Waals surface area contributed by atoms with E-state index in [-0.39, 0.29) is 0 Å². The molecule has 1 rings (SSSR count). The molecule has 1 aromatic rings. The summed E-state index contributed by atoms with van der Waals surface area (Å²) in [6.45, 7) is 3.25. The molecule has 0 bridgehead atoms. The molecule has 2 heteroatoms. The third-order valence-electron chi connectivity index (χ3n) is 2.24. The van der Waals surface area contributed by atoms with Crippen LogP contribution in [-0.2, 0) is 6.42 Å². The average molecular weight is 289 g/mol. The van der Waals surface area contributed by atoms with Crippen molar-refractivity contribution in [1.29, 1.82) is 0 Å². The van der Waals surface area contributed by atoms with Gasteiger partial charge in [-0.15, -0.1) is 0 Å². The van der Waals surface area contributed by atoms with Crippen molar-refractivity contribution in [2.75, 3.05) is 22.9 Å². The first-order valence-corrected chi connectivity index (χ1v) is 6.17. The van der Waals surface area contributed by atoms with Crippen LogP contribution in [-0.4, -0.2) is 18.0 Å². The van der Waals surface area contributed by atoms with E-state index in [9.17, 15) is 0 Å². The molecule has 0 aliphatic carbocycles. The number of rotatable bonds is 4. The molecule has 0 radical (unpaired) electrons. The number of hydrogen-bond acceptors (Lipinski definition) is 1. The van der Waals surface area contributed by atoms with Gasteiger partial charge < -0.3 is 4.90 Å². The number of hydrogen-bond donors (Lipinski definition) is 0. The molecular weight excluding hydrogens is 273 g/mol. The predicted octanol–water partition coefficient (Wildman–Crippen LogP) is 3.12. The van der Waals surface area contributed by atoms with Crippen LogP contribution in [0, 0.1) is 0 Å². The highest BCUT2D eigenvalue weighted by Gasteiger charge is 2.03. The number of anilines is 1. The fourth-order valence-electron chi connectivity index (χ4n) is 1.37. The summed E-state index contributed by atoms with van der Waals surface area (Å²) in [6, 6.07) is 8.65. The number of aryl methyl sites for hydroxylation is 1. The Labute approximate surface area is 94.3 Å². The second kappa shape index (κ2) is 5.47. The van der Waals surface area contributed by atoms with Crippen molar-refractivity contribution in [2.24, 2.45) is 0 Å². The fourth-order valence-corrected chi connectivity index (χ4v) is 1.95. The van der Waals surface area contributed by atoms with E-state index in [1.807, 2.05) is 0 Å². The lowest BCUT2D eigenvalue weighted by Gasteiger charge is -2.20. The molecule has 0 N–H and O–H groups in total. The van der Waals surface area contributed by atoms with E-state index in [0.29, 0.717) is 0 Å². The zero-order valence-corrected chi connectivity index (χ0v) is 10.4. The first-order valence-electron chi connectivity index (χ1n) is 4.64. The van der Waals surface area contributed by atoms with Gasteiger partial charge in [-0.05, 0) is 25.0 Å². The molecule has 1 aromatic carbocycles. The van der Waals surface area contributed by atoms with Crippen molar-refractivity contribution in [1.82, 2.24) is 0 Å². The lowest BCUT2D eigenvalue weighted by molar-refractivity contribution is 0.951. The molecule has 0 saturated heterocycles. The Bertz CT molecular complexity index is 260. The molecule has 0 atom stereocenters. The number of benzene rings is 1. The molecule has 1 nitrogen and oxygen atoms in total. The zero-order chi connectivity index (χ0) is 9.68. The first kappa shape index (κ1) is 10.8. The maximum Gasteiger partial charge on any atom is 0.0396 e. The van der Waals surface area contributed by atoms with E-state index in [2.05, 4.69) is 65.7 Å². The Hall–Kier alpha value is -0.250. The Kier molecular flexibility index (Phi) is 4.56. The molecule has 0 aliphatic rings. The standard InChI is InChI=1S/C11H16IN/c1-3-13(2)11-7-5-4-6-10(11)8-9-12/h4-7H,3,8-9H2,1-2H3. The lowest BCUT2D eigenvalue weighted by atomic mass is 10.1. The molecule has 13 heavy (non-hydrogen) atoms. The monoisotopic (exact) mass is 289 g/mol. The summed E-state index contributed by atoms with van der Waals surface area (Å²) in [6.07, 6.45) is 1.17. The topological polar surface area (TPSA) is 3.24 Å². The fraction of sp³-hybridized carbons (Fsp3) is 0.455. The lowest BCUT2D eigenvalue weighted by Crippen LogP contribution is -2.17. The molecule has 0 spiro atoms.